The highest BCUT2D eigenvalue weighted by Gasteiger charge is 2.21. The predicted octanol–water partition coefficient (Wildman–Crippen LogP) is 14.7. The molecule has 0 rings (SSSR count). The first-order valence-corrected chi connectivity index (χ1v) is 33.2. The molecule has 462 valence electrons. The van der Waals surface area contributed by atoms with Crippen molar-refractivity contribution in [3.63, 3.8) is 0 Å². The van der Waals surface area contributed by atoms with E-state index in [1.54, 1.807) is 0 Å². The number of nitrogens with one attached hydrogen (secondary N) is 2. The minimum absolute atomic E-state index is 0.0868. The number of unbranched alkanes of at least 4 members (excludes halogenated alkanes) is 26. The summed E-state index contributed by atoms with van der Waals surface area (Å²) in [4.78, 5) is 51.3. The highest BCUT2D eigenvalue weighted by atomic mass is 16.5. The number of likely N-dealkylation sites (N-methyl/N-ethyl adjacent to an activating group) is 1. The maximum Gasteiger partial charge on any atom is 0.305 e. The van der Waals surface area contributed by atoms with Gasteiger partial charge in [-0.2, -0.15) is 0 Å². The topological polar surface area (TPSA) is 173 Å². The first-order valence-electron chi connectivity index (χ1n) is 33.2. The van der Waals surface area contributed by atoms with Crippen LogP contribution in [-0.2, 0) is 38.1 Å². The van der Waals surface area contributed by atoms with Crippen molar-refractivity contribution in [1.82, 2.24) is 15.5 Å². The largest absolute Gasteiger partial charge is 0.466 e. The first kappa shape index (κ1) is 75.7. The van der Waals surface area contributed by atoms with Crippen molar-refractivity contribution >= 4 is 23.9 Å². The Kier molecular flexibility index (Phi) is 57.5. The molecule has 0 aliphatic carbocycles. The van der Waals surface area contributed by atoms with Crippen LogP contribution in [0.2, 0.25) is 0 Å². The summed E-state index contributed by atoms with van der Waals surface area (Å²) in [5.41, 5.74) is 0. The molecule has 13 nitrogen and oxygen atoms in total. The molecule has 0 amide bonds. The first-order chi connectivity index (χ1) is 38.1. The van der Waals surface area contributed by atoms with E-state index in [9.17, 15) is 29.4 Å². The van der Waals surface area contributed by atoms with Crippen molar-refractivity contribution in [3.05, 3.63) is 0 Å². The molecule has 0 aromatic rings. The fourth-order valence-electron chi connectivity index (χ4n) is 10.1. The molecule has 0 aromatic carbocycles. The summed E-state index contributed by atoms with van der Waals surface area (Å²) in [6.45, 7) is 15.3. The van der Waals surface area contributed by atoms with Crippen LogP contribution in [0.15, 0.2) is 0 Å². The average Bonchev–Trinajstić information content (AvgIpc) is 3.42. The molecule has 4 atom stereocenters. The lowest BCUT2D eigenvalue weighted by Gasteiger charge is -2.25. The second-order valence-electron chi connectivity index (χ2n) is 23.0. The molecule has 0 radical (unpaired) electrons. The summed E-state index contributed by atoms with van der Waals surface area (Å²) in [5, 5.41) is 30.1. The molecule has 0 spiro atoms. The van der Waals surface area contributed by atoms with Crippen molar-refractivity contribution in [2.45, 2.75) is 310 Å². The van der Waals surface area contributed by atoms with Gasteiger partial charge in [-0.25, -0.2) is 0 Å². The van der Waals surface area contributed by atoms with Crippen LogP contribution >= 0.6 is 0 Å². The van der Waals surface area contributed by atoms with Gasteiger partial charge in [0.2, 0.25) is 0 Å². The van der Waals surface area contributed by atoms with Gasteiger partial charge in [0.1, 0.15) is 0 Å². The Morgan fingerprint density at radius 1 is 0.346 bits per heavy atom. The van der Waals surface area contributed by atoms with E-state index in [2.05, 4.69) is 50.3 Å². The number of esters is 4. The van der Waals surface area contributed by atoms with Gasteiger partial charge in [0.15, 0.2) is 0 Å². The van der Waals surface area contributed by atoms with Gasteiger partial charge in [-0.15, -0.1) is 0 Å². The van der Waals surface area contributed by atoms with Crippen molar-refractivity contribution in [2.24, 2.45) is 11.8 Å². The monoisotopic (exact) mass is 1110 g/mol. The standard InChI is InChI=1S/C65H127N3O10/c1-6-10-14-18-22-30-44-62(71)75-52-36-26-28-42-60(69)58(40-34-38-54-77-64(73)46-32-24-20-16-12-8-3)56-66-48-50-68(5)51-49-67-57-59(41-35-39-55-78-65(74)47-33-25-21-17-13-9-4)61(70)43-29-27-37-53-76-63(72)45-31-23-19-15-11-7-2/h58-61,66-67,69-70H,6-57H2,1-5H3. The maximum absolute atomic E-state index is 12.3. The number of hydrogen-bond acceptors (Lipinski definition) is 13. The van der Waals surface area contributed by atoms with E-state index < -0.39 is 12.2 Å². The zero-order valence-corrected chi connectivity index (χ0v) is 51.7. The quantitative estimate of drug-likeness (QED) is 0.0258. The van der Waals surface area contributed by atoms with Crippen LogP contribution in [0.1, 0.15) is 297 Å². The summed E-state index contributed by atoms with van der Waals surface area (Å²) < 4.78 is 22.1. The van der Waals surface area contributed by atoms with Gasteiger partial charge < -0.3 is 44.7 Å². The lowest BCUT2D eigenvalue weighted by molar-refractivity contribution is -0.144. The van der Waals surface area contributed by atoms with Crippen LogP contribution in [0, 0.1) is 11.8 Å². The number of carbonyl (C=O) groups excluding carboxylic acids is 4. The van der Waals surface area contributed by atoms with E-state index in [1.807, 2.05) is 0 Å². The fraction of sp³-hybridized carbons (Fsp3) is 0.938. The number of carbonyl (C=O) groups is 4. The third-order valence-corrected chi connectivity index (χ3v) is 15.5. The van der Waals surface area contributed by atoms with E-state index in [4.69, 9.17) is 18.9 Å². The SMILES string of the molecule is CCCCCCCCC(=O)OCCCCCC(O)C(CCCCOC(=O)CCCCCCCC)CNCCN(C)CCNCC(CCCCOC(=O)CCCCCCCC)C(O)CCCCCOC(=O)CCCCCCCC. The number of aliphatic hydroxyl groups is 2. The summed E-state index contributed by atoms with van der Waals surface area (Å²) in [6.07, 6.45) is 40.3. The molecule has 78 heavy (non-hydrogen) atoms. The lowest BCUT2D eigenvalue weighted by atomic mass is 9.92. The van der Waals surface area contributed by atoms with Crippen molar-refractivity contribution in [2.75, 3.05) is 72.7 Å². The van der Waals surface area contributed by atoms with Gasteiger partial charge in [0, 0.05) is 65.0 Å². The molecular formula is C65H127N3O10. The summed E-state index contributed by atoms with van der Waals surface area (Å²) >= 11 is 0. The van der Waals surface area contributed by atoms with Crippen LogP contribution in [0.5, 0.6) is 0 Å². The Morgan fingerprint density at radius 3 is 0.885 bits per heavy atom. The number of rotatable bonds is 62. The molecule has 4 unspecified atom stereocenters. The number of nitrogens with zero attached hydrogens (tertiary/aromatic N) is 1. The van der Waals surface area contributed by atoms with Crippen molar-refractivity contribution in [3.8, 4) is 0 Å². The molecule has 0 saturated carbocycles. The van der Waals surface area contributed by atoms with Gasteiger partial charge in [-0.3, -0.25) is 19.2 Å². The van der Waals surface area contributed by atoms with Gasteiger partial charge in [0.25, 0.3) is 0 Å². The lowest BCUT2D eigenvalue weighted by Crippen LogP contribution is -2.39. The highest BCUT2D eigenvalue weighted by Crippen LogP contribution is 2.21. The van der Waals surface area contributed by atoms with E-state index in [0.29, 0.717) is 78.0 Å². The third-order valence-electron chi connectivity index (χ3n) is 15.5. The van der Waals surface area contributed by atoms with Crippen molar-refractivity contribution < 1.29 is 48.3 Å². The maximum atomic E-state index is 12.3. The van der Waals surface area contributed by atoms with E-state index in [1.165, 1.54) is 103 Å². The summed E-state index contributed by atoms with van der Waals surface area (Å²) in [6, 6.07) is 0. The van der Waals surface area contributed by atoms with E-state index in [0.717, 1.165) is 155 Å². The second kappa shape index (κ2) is 59.3. The van der Waals surface area contributed by atoms with E-state index in [-0.39, 0.29) is 35.7 Å². The third kappa shape index (κ3) is 53.0. The molecule has 0 aromatic heterocycles. The number of aliphatic hydroxyl groups excluding tert-OH is 2. The summed E-state index contributed by atoms with van der Waals surface area (Å²) in [5.74, 6) is -0.218. The smallest absolute Gasteiger partial charge is 0.305 e. The van der Waals surface area contributed by atoms with Crippen LogP contribution in [0.4, 0.5) is 0 Å². The summed E-state index contributed by atoms with van der Waals surface area (Å²) in [7, 11) is 2.13. The normalized spacial score (nSPS) is 13.1. The minimum atomic E-state index is -0.442. The molecule has 0 saturated heterocycles. The zero-order chi connectivity index (χ0) is 57.2. The second-order valence-corrected chi connectivity index (χ2v) is 23.0. The van der Waals surface area contributed by atoms with Crippen LogP contribution in [0.25, 0.3) is 0 Å². The predicted molar refractivity (Wildman–Crippen MR) is 323 cm³/mol. The van der Waals surface area contributed by atoms with Crippen molar-refractivity contribution in [1.29, 1.82) is 0 Å². The van der Waals surface area contributed by atoms with E-state index >= 15 is 0 Å². The zero-order valence-electron chi connectivity index (χ0n) is 51.7. The minimum Gasteiger partial charge on any atom is -0.466 e. The Morgan fingerprint density at radius 2 is 0.590 bits per heavy atom. The Balaban J connectivity index is 4.98. The van der Waals surface area contributed by atoms with Crippen LogP contribution in [-0.4, -0.2) is 124 Å². The van der Waals surface area contributed by atoms with Gasteiger partial charge in [-0.1, -0.05) is 169 Å². The molecule has 13 heteroatoms. The molecule has 4 N–H and O–H groups in total. The molecular weight excluding hydrogens is 983 g/mol. The van der Waals surface area contributed by atoms with Gasteiger partial charge in [0.05, 0.1) is 38.6 Å². The fourth-order valence-corrected chi connectivity index (χ4v) is 10.1. The highest BCUT2D eigenvalue weighted by molar-refractivity contribution is 5.70. The average molecular weight is 1110 g/mol. The number of hydrogen-bond donors (Lipinski definition) is 4. The van der Waals surface area contributed by atoms with Crippen LogP contribution in [0.3, 0.4) is 0 Å². The van der Waals surface area contributed by atoms with Gasteiger partial charge >= 0.3 is 23.9 Å². The molecule has 0 aliphatic rings. The Bertz CT molecular complexity index is 1230. The molecule has 0 aliphatic heterocycles. The Labute approximate surface area is 480 Å². The molecule has 0 heterocycles. The molecule has 0 fully saturated rings. The number of ether oxygens (including phenoxy) is 4. The van der Waals surface area contributed by atoms with Crippen LogP contribution < -0.4 is 10.6 Å². The van der Waals surface area contributed by atoms with Gasteiger partial charge in [-0.05, 0) is 122 Å². The Hall–Kier alpha value is -2.32. The molecule has 0 bridgehead atoms.